The predicted octanol–water partition coefficient (Wildman–Crippen LogP) is 3.28. The van der Waals surface area contributed by atoms with Gasteiger partial charge in [-0.15, -0.1) is 11.3 Å². The van der Waals surface area contributed by atoms with Crippen LogP contribution in [0, 0.1) is 6.92 Å². The van der Waals surface area contributed by atoms with Crippen LogP contribution in [-0.2, 0) is 5.54 Å². The molecule has 0 fully saturated rings. The van der Waals surface area contributed by atoms with Crippen molar-refractivity contribution in [1.82, 2.24) is 0 Å². The highest BCUT2D eigenvalue weighted by Gasteiger charge is 2.25. The maximum absolute atomic E-state index is 6.42. The maximum Gasteiger partial charge on any atom is 0.0733 e. The summed E-state index contributed by atoms with van der Waals surface area (Å²) in [5.74, 6) is 0. The summed E-state index contributed by atoms with van der Waals surface area (Å²) in [4.78, 5) is 1.21. The second kappa shape index (κ2) is 3.80. The van der Waals surface area contributed by atoms with Crippen molar-refractivity contribution in [2.24, 2.45) is 5.73 Å². The van der Waals surface area contributed by atoms with E-state index in [2.05, 4.69) is 37.4 Å². The highest BCUT2D eigenvalue weighted by molar-refractivity contribution is 7.10. The van der Waals surface area contributed by atoms with E-state index in [0.29, 0.717) is 0 Å². The monoisotopic (exact) mass is 217 g/mol. The van der Waals surface area contributed by atoms with E-state index in [9.17, 15) is 0 Å². The molecule has 0 bridgehead atoms. The molecule has 1 heterocycles. The average Bonchev–Trinajstić information content (AvgIpc) is 2.71. The minimum atomic E-state index is -0.375. The first-order valence-corrected chi connectivity index (χ1v) is 5.89. The Labute approximate surface area is 94.6 Å². The van der Waals surface area contributed by atoms with Gasteiger partial charge < -0.3 is 5.73 Å². The molecule has 78 valence electrons. The second-order valence-corrected chi connectivity index (χ2v) is 4.94. The van der Waals surface area contributed by atoms with Crippen LogP contribution in [0.25, 0.3) is 0 Å². The summed E-state index contributed by atoms with van der Waals surface area (Å²) in [7, 11) is 0. The first-order valence-electron chi connectivity index (χ1n) is 5.01. The molecule has 0 amide bonds. The third-order valence-corrected chi connectivity index (χ3v) is 3.84. The van der Waals surface area contributed by atoms with Crippen molar-refractivity contribution in [2.75, 3.05) is 0 Å². The van der Waals surface area contributed by atoms with Crippen molar-refractivity contribution < 1.29 is 0 Å². The van der Waals surface area contributed by atoms with Crippen LogP contribution < -0.4 is 5.73 Å². The van der Waals surface area contributed by atoms with Crippen molar-refractivity contribution in [3.05, 3.63) is 57.8 Å². The van der Waals surface area contributed by atoms with Crippen LogP contribution >= 0.6 is 11.3 Å². The average molecular weight is 217 g/mol. The number of benzene rings is 1. The molecule has 2 N–H and O–H groups in total. The first-order chi connectivity index (χ1) is 7.12. The summed E-state index contributed by atoms with van der Waals surface area (Å²) in [6, 6.07) is 12.4. The Bertz CT molecular complexity index is 443. The van der Waals surface area contributed by atoms with Crippen LogP contribution in [0.2, 0.25) is 0 Å². The van der Waals surface area contributed by atoms with Gasteiger partial charge in [-0.3, -0.25) is 0 Å². The fourth-order valence-electron chi connectivity index (χ4n) is 1.86. The van der Waals surface area contributed by atoms with Gasteiger partial charge in [0.25, 0.3) is 0 Å². The standard InChI is InChI=1S/C13H15NS/c1-10-6-3-4-7-11(10)13(2,14)12-8-5-9-15-12/h3-9H,14H2,1-2H3. The SMILES string of the molecule is Cc1ccccc1C(C)(N)c1cccs1. The Morgan fingerprint density at radius 2 is 1.87 bits per heavy atom. The Balaban J connectivity index is 2.51. The summed E-state index contributed by atoms with van der Waals surface area (Å²) in [6.45, 7) is 4.18. The number of thiophene rings is 1. The molecule has 1 atom stereocenters. The Morgan fingerprint density at radius 3 is 2.47 bits per heavy atom. The number of hydrogen-bond acceptors (Lipinski definition) is 2. The van der Waals surface area contributed by atoms with Gasteiger partial charge in [0.2, 0.25) is 0 Å². The molecule has 0 radical (unpaired) electrons. The van der Waals surface area contributed by atoms with E-state index in [1.165, 1.54) is 16.0 Å². The van der Waals surface area contributed by atoms with Crippen molar-refractivity contribution >= 4 is 11.3 Å². The lowest BCUT2D eigenvalue weighted by molar-refractivity contribution is 0.612. The quantitative estimate of drug-likeness (QED) is 0.820. The fourth-order valence-corrected chi connectivity index (χ4v) is 2.68. The van der Waals surface area contributed by atoms with Crippen LogP contribution in [0.3, 0.4) is 0 Å². The number of rotatable bonds is 2. The summed E-state index contributed by atoms with van der Waals surface area (Å²) in [5.41, 5.74) is 8.49. The number of aryl methyl sites for hydroxylation is 1. The molecular weight excluding hydrogens is 202 g/mol. The van der Waals surface area contributed by atoms with E-state index < -0.39 is 0 Å². The third kappa shape index (κ3) is 1.83. The lowest BCUT2D eigenvalue weighted by Gasteiger charge is -2.25. The molecule has 1 unspecified atom stereocenters. The van der Waals surface area contributed by atoms with Gasteiger partial charge in [0.1, 0.15) is 0 Å². The van der Waals surface area contributed by atoms with E-state index in [1.54, 1.807) is 11.3 Å². The molecule has 1 nitrogen and oxygen atoms in total. The Hall–Kier alpha value is -1.12. The topological polar surface area (TPSA) is 26.0 Å². The van der Waals surface area contributed by atoms with Crippen LogP contribution in [0.5, 0.6) is 0 Å². The van der Waals surface area contributed by atoms with Crippen molar-refractivity contribution in [1.29, 1.82) is 0 Å². The molecule has 1 aromatic carbocycles. The Kier molecular flexibility index (Phi) is 2.63. The minimum Gasteiger partial charge on any atom is -0.317 e. The van der Waals surface area contributed by atoms with Crippen LogP contribution in [0.1, 0.15) is 22.9 Å². The lowest BCUT2D eigenvalue weighted by atomic mass is 9.88. The smallest absolute Gasteiger partial charge is 0.0733 e. The minimum absolute atomic E-state index is 0.375. The predicted molar refractivity (Wildman–Crippen MR) is 66.1 cm³/mol. The van der Waals surface area contributed by atoms with Gasteiger partial charge >= 0.3 is 0 Å². The molecule has 0 aliphatic rings. The molecule has 2 aromatic rings. The molecule has 0 saturated heterocycles. The van der Waals surface area contributed by atoms with Crippen LogP contribution in [0.15, 0.2) is 41.8 Å². The van der Waals surface area contributed by atoms with E-state index in [-0.39, 0.29) is 5.54 Å². The van der Waals surface area contributed by atoms with Crippen molar-refractivity contribution in [2.45, 2.75) is 19.4 Å². The van der Waals surface area contributed by atoms with Crippen molar-refractivity contribution in [3.63, 3.8) is 0 Å². The zero-order valence-corrected chi connectivity index (χ0v) is 9.84. The Morgan fingerprint density at radius 1 is 1.13 bits per heavy atom. The molecule has 0 aliphatic carbocycles. The number of hydrogen-bond donors (Lipinski definition) is 1. The lowest BCUT2D eigenvalue weighted by Crippen LogP contribution is -2.34. The van der Waals surface area contributed by atoms with Gasteiger partial charge in [-0.25, -0.2) is 0 Å². The molecule has 1 aromatic heterocycles. The number of nitrogens with two attached hydrogens (primary N) is 1. The van der Waals surface area contributed by atoms with Crippen LogP contribution in [-0.4, -0.2) is 0 Å². The fraction of sp³-hybridized carbons (Fsp3) is 0.231. The molecule has 2 heteroatoms. The third-order valence-electron chi connectivity index (χ3n) is 2.74. The van der Waals surface area contributed by atoms with Gasteiger partial charge in [-0.2, -0.15) is 0 Å². The van der Waals surface area contributed by atoms with E-state index >= 15 is 0 Å². The molecule has 0 aliphatic heterocycles. The maximum atomic E-state index is 6.42. The summed E-state index contributed by atoms with van der Waals surface area (Å²) in [5, 5.41) is 2.07. The molecule has 0 saturated carbocycles. The summed E-state index contributed by atoms with van der Waals surface area (Å²) < 4.78 is 0. The zero-order valence-electron chi connectivity index (χ0n) is 9.03. The van der Waals surface area contributed by atoms with E-state index in [1.807, 2.05) is 18.2 Å². The van der Waals surface area contributed by atoms with Gasteiger partial charge in [-0.1, -0.05) is 30.3 Å². The molecule has 2 rings (SSSR count). The van der Waals surface area contributed by atoms with E-state index in [0.717, 1.165) is 0 Å². The molecule has 0 spiro atoms. The van der Waals surface area contributed by atoms with Crippen LogP contribution in [0.4, 0.5) is 0 Å². The van der Waals surface area contributed by atoms with Gasteiger partial charge in [0, 0.05) is 4.88 Å². The molecular formula is C13H15NS. The van der Waals surface area contributed by atoms with Gasteiger partial charge in [-0.05, 0) is 36.4 Å². The first kappa shape index (κ1) is 10.4. The zero-order chi connectivity index (χ0) is 10.9. The normalized spacial score (nSPS) is 14.9. The van der Waals surface area contributed by atoms with Crippen molar-refractivity contribution in [3.8, 4) is 0 Å². The van der Waals surface area contributed by atoms with Gasteiger partial charge in [0.15, 0.2) is 0 Å². The second-order valence-electron chi connectivity index (χ2n) is 3.99. The summed E-state index contributed by atoms with van der Waals surface area (Å²) in [6.07, 6.45) is 0. The highest BCUT2D eigenvalue weighted by Crippen LogP contribution is 2.31. The highest BCUT2D eigenvalue weighted by atomic mass is 32.1. The van der Waals surface area contributed by atoms with Gasteiger partial charge in [0.05, 0.1) is 5.54 Å². The molecule has 15 heavy (non-hydrogen) atoms. The van der Waals surface area contributed by atoms with E-state index in [4.69, 9.17) is 5.73 Å². The largest absolute Gasteiger partial charge is 0.317 e. The summed E-state index contributed by atoms with van der Waals surface area (Å²) >= 11 is 1.71.